The van der Waals surface area contributed by atoms with Gasteiger partial charge in [-0.1, -0.05) is 83.3 Å². The molecule has 0 rings (SSSR count). The fourth-order valence-electron chi connectivity index (χ4n) is 2.59. The van der Waals surface area contributed by atoms with Crippen molar-refractivity contribution in [2.24, 2.45) is 0 Å². The zero-order valence-corrected chi connectivity index (χ0v) is 14.6. The first kappa shape index (κ1) is 20.7. The molecule has 21 heavy (non-hydrogen) atoms. The van der Waals surface area contributed by atoms with E-state index in [-0.39, 0.29) is 12.6 Å². The third kappa shape index (κ3) is 15.9. The van der Waals surface area contributed by atoms with Crippen LogP contribution in [0.25, 0.3) is 0 Å². The summed E-state index contributed by atoms with van der Waals surface area (Å²) in [5.74, 6) is 0. The van der Waals surface area contributed by atoms with Gasteiger partial charge in [0.1, 0.15) is 0 Å². The minimum atomic E-state index is 0.221. The Kier molecular flexibility index (Phi) is 17.4. The van der Waals surface area contributed by atoms with Crippen molar-refractivity contribution in [1.82, 2.24) is 5.32 Å². The highest BCUT2D eigenvalue weighted by atomic mass is 16.3. The summed E-state index contributed by atoms with van der Waals surface area (Å²) in [7, 11) is 1.90. The Morgan fingerprint density at radius 1 is 0.810 bits per heavy atom. The molecule has 0 aromatic heterocycles. The van der Waals surface area contributed by atoms with Gasteiger partial charge in [0.05, 0.1) is 6.61 Å². The van der Waals surface area contributed by atoms with Gasteiger partial charge in [-0.25, -0.2) is 0 Å². The topological polar surface area (TPSA) is 32.3 Å². The van der Waals surface area contributed by atoms with Crippen molar-refractivity contribution in [2.75, 3.05) is 13.7 Å². The van der Waals surface area contributed by atoms with Gasteiger partial charge in [-0.3, -0.25) is 0 Å². The van der Waals surface area contributed by atoms with Gasteiger partial charge in [-0.05, 0) is 26.3 Å². The van der Waals surface area contributed by atoms with Gasteiger partial charge >= 0.3 is 0 Å². The van der Waals surface area contributed by atoms with Crippen LogP contribution >= 0.6 is 0 Å². The molecule has 2 heteroatoms. The number of aliphatic hydroxyl groups is 1. The van der Waals surface area contributed by atoms with E-state index in [4.69, 9.17) is 5.11 Å². The van der Waals surface area contributed by atoms with Crippen molar-refractivity contribution in [3.05, 3.63) is 12.2 Å². The van der Waals surface area contributed by atoms with Crippen LogP contribution in [0.3, 0.4) is 0 Å². The van der Waals surface area contributed by atoms with Crippen molar-refractivity contribution >= 4 is 0 Å². The van der Waals surface area contributed by atoms with Crippen LogP contribution in [0.15, 0.2) is 12.2 Å². The van der Waals surface area contributed by atoms with Crippen molar-refractivity contribution in [3.8, 4) is 0 Å². The van der Waals surface area contributed by atoms with Crippen molar-refractivity contribution in [3.63, 3.8) is 0 Å². The minimum absolute atomic E-state index is 0.221. The molecular weight excluding hydrogens is 258 g/mol. The molecule has 0 saturated carbocycles. The minimum Gasteiger partial charge on any atom is -0.395 e. The van der Waals surface area contributed by atoms with Crippen LogP contribution in [-0.4, -0.2) is 24.8 Å². The predicted octanol–water partition coefficient (Wildman–Crippen LogP) is 5.21. The van der Waals surface area contributed by atoms with Gasteiger partial charge < -0.3 is 10.4 Å². The Morgan fingerprint density at radius 3 is 1.81 bits per heavy atom. The second-order valence-electron chi connectivity index (χ2n) is 6.20. The highest BCUT2D eigenvalue weighted by Crippen LogP contribution is 2.12. The number of rotatable bonds is 16. The first-order valence-electron chi connectivity index (χ1n) is 9.28. The number of hydrogen-bond acceptors (Lipinski definition) is 2. The molecule has 0 saturated heterocycles. The highest BCUT2D eigenvalue weighted by Gasteiger charge is 1.99. The normalized spacial score (nSPS) is 13.1. The molecule has 1 atom stereocenters. The molecule has 2 nitrogen and oxygen atoms in total. The first-order valence-corrected chi connectivity index (χ1v) is 9.28. The Labute approximate surface area is 133 Å². The monoisotopic (exact) mass is 297 g/mol. The van der Waals surface area contributed by atoms with Gasteiger partial charge in [0.15, 0.2) is 0 Å². The number of allylic oxidation sites excluding steroid dienone is 1. The number of hydrogen-bond donors (Lipinski definition) is 2. The van der Waals surface area contributed by atoms with Gasteiger partial charge in [0.2, 0.25) is 0 Å². The van der Waals surface area contributed by atoms with Crippen LogP contribution in [0.1, 0.15) is 90.4 Å². The second-order valence-corrected chi connectivity index (χ2v) is 6.20. The average molecular weight is 298 g/mol. The van der Waals surface area contributed by atoms with Crippen LogP contribution in [0.4, 0.5) is 0 Å². The summed E-state index contributed by atoms with van der Waals surface area (Å²) in [6, 6.07) is 0.221. The fraction of sp³-hybridized carbons (Fsp3) is 0.895. The number of likely N-dealkylation sites (N-methyl/N-ethyl adjacent to an activating group) is 1. The van der Waals surface area contributed by atoms with E-state index in [2.05, 4.69) is 24.4 Å². The maximum Gasteiger partial charge on any atom is 0.0587 e. The zero-order chi connectivity index (χ0) is 15.6. The van der Waals surface area contributed by atoms with Crippen LogP contribution in [-0.2, 0) is 0 Å². The van der Waals surface area contributed by atoms with Crippen molar-refractivity contribution < 1.29 is 5.11 Å². The maximum atomic E-state index is 9.03. The number of aliphatic hydroxyl groups excluding tert-OH is 1. The summed E-state index contributed by atoms with van der Waals surface area (Å²) < 4.78 is 0. The molecule has 126 valence electrons. The molecule has 0 amide bonds. The number of nitrogens with one attached hydrogen (secondary N) is 1. The third-order valence-electron chi connectivity index (χ3n) is 4.19. The molecule has 0 aliphatic carbocycles. The van der Waals surface area contributed by atoms with E-state index in [9.17, 15) is 0 Å². The van der Waals surface area contributed by atoms with Crippen molar-refractivity contribution in [1.29, 1.82) is 0 Å². The van der Waals surface area contributed by atoms with E-state index in [1.165, 1.54) is 77.0 Å². The Morgan fingerprint density at radius 2 is 1.33 bits per heavy atom. The lowest BCUT2D eigenvalue weighted by Crippen LogP contribution is -2.27. The highest BCUT2D eigenvalue weighted by molar-refractivity contribution is 4.85. The lowest BCUT2D eigenvalue weighted by molar-refractivity contribution is 0.249. The second kappa shape index (κ2) is 17.7. The van der Waals surface area contributed by atoms with Crippen LogP contribution in [0, 0.1) is 0 Å². The van der Waals surface area contributed by atoms with E-state index >= 15 is 0 Å². The van der Waals surface area contributed by atoms with E-state index in [0.29, 0.717) is 0 Å². The lowest BCUT2D eigenvalue weighted by atomic mass is 10.1. The molecule has 0 fully saturated rings. The molecule has 0 aliphatic heterocycles. The van der Waals surface area contributed by atoms with Crippen LogP contribution in [0.5, 0.6) is 0 Å². The largest absolute Gasteiger partial charge is 0.395 e. The third-order valence-corrected chi connectivity index (χ3v) is 4.19. The standard InChI is InChI=1S/C19H39NO/c1-3-4-5-6-7-8-9-10-11-12-13-14-15-16-17-19(18-21)20-2/h15-16,19-21H,3-14,17-18H2,1-2H3/b16-15+/t19-/m1/s1. The van der Waals surface area contributed by atoms with Gasteiger partial charge in [-0.2, -0.15) is 0 Å². The van der Waals surface area contributed by atoms with Crippen LogP contribution in [0.2, 0.25) is 0 Å². The SMILES string of the molecule is CCCCCCCCCCCCC/C=C/C[C@H](CO)NC. The van der Waals surface area contributed by atoms with Gasteiger partial charge in [-0.15, -0.1) is 0 Å². The van der Waals surface area contributed by atoms with E-state index in [0.717, 1.165) is 6.42 Å². The first-order chi connectivity index (χ1) is 10.3. The van der Waals surface area contributed by atoms with E-state index in [1.54, 1.807) is 0 Å². The Balaban J connectivity index is 3.13. The number of unbranched alkanes of at least 4 members (excludes halogenated alkanes) is 11. The molecule has 0 heterocycles. The molecule has 0 aromatic rings. The average Bonchev–Trinajstić information content (AvgIpc) is 2.51. The molecule has 0 aliphatic rings. The van der Waals surface area contributed by atoms with E-state index in [1.807, 2.05) is 7.05 Å². The molecule has 0 aromatic carbocycles. The summed E-state index contributed by atoms with van der Waals surface area (Å²) >= 11 is 0. The summed E-state index contributed by atoms with van der Waals surface area (Å²) in [4.78, 5) is 0. The summed E-state index contributed by atoms with van der Waals surface area (Å²) in [5, 5.41) is 12.1. The van der Waals surface area contributed by atoms with Gasteiger partial charge in [0, 0.05) is 6.04 Å². The van der Waals surface area contributed by atoms with Crippen LogP contribution < -0.4 is 5.32 Å². The molecule has 0 unspecified atom stereocenters. The predicted molar refractivity (Wildman–Crippen MR) is 94.8 cm³/mol. The van der Waals surface area contributed by atoms with E-state index < -0.39 is 0 Å². The smallest absolute Gasteiger partial charge is 0.0587 e. The van der Waals surface area contributed by atoms with Gasteiger partial charge in [0.25, 0.3) is 0 Å². The zero-order valence-electron chi connectivity index (χ0n) is 14.6. The molecule has 2 N–H and O–H groups in total. The van der Waals surface area contributed by atoms with Crippen molar-refractivity contribution in [2.45, 2.75) is 96.4 Å². The summed E-state index contributed by atoms with van der Waals surface area (Å²) in [5.41, 5.74) is 0. The Hall–Kier alpha value is -0.340. The summed E-state index contributed by atoms with van der Waals surface area (Å²) in [6.07, 6.45) is 22.1. The molecule has 0 bridgehead atoms. The quantitative estimate of drug-likeness (QED) is 0.302. The fourth-order valence-corrected chi connectivity index (χ4v) is 2.59. The summed E-state index contributed by atoms with van der Waals surface area (Å²) in [6.45, 7) is 2.50. The molecule has 0 spiro atoms. The lowest BCUT2D eigenvalue weighted by Gasteiger charge is -2.08. The maximum absolute atomic E-state index is 9.03. The molecule has 0 radical (unpaired) electrons. The Bertz CT molecular complexity index is 212. The molecular formula is C19H39NO.